The van der Waals surface area contributed by atoms with Crippen LogP contribution < -0.4 is 0 Å². The van der Waals surface area contributed by atoms with E-state index < -0.39 is 0 Å². The fraction of sp³-hybridized carbons (Fsp3) is 0.126. The first kappa shape index (κ1) is 96.9. The van der Waals surface area contributed by atoms with Crippen molar-refractivity contribution in [3.63, 3.8) is 0 Å². The van der Waals surface area contributed by atoms with E-state index >= 15 is 0 Å². The van der Waals surface area contributed by atoms with Crippen LogP contribution in [0.25, 0.3) is 172 Å². The summed E-state index contributed by atoms with van der Waals surface area (Å²) in [4.78, 5) is 20.9. The quantitative estimate of drug-likeness (QED) is 0.0338. The van der Waals surface area contributed by atoms with Gasteiger partial charge in [-0.15, -0.1) is 88.0 Å². The zero-order valence-electron chi connectivity index (χ0n) is 75.1. The van der Waals surface area contributed by atoms with Gasteiger partial charge in [-0.25, -0.2) is 4.91 Å². The molecule has 12 heteroatoms. The summed E-state index contributed by atoms with van der Waals surface area (Å²) >= 11 is 18.2. The first-order valence-electron chi connectivity index (χ1n) is 43.2. The Morgan fingerprint density at radius 2 is 0.550 bits per heavy atom. The first-order chi connectivity index (χ1) is 61.9. The number of hydrogen-bond acceptors (Lipinski definition) is 8. The summed E-state index contributed by atoms with van der Waals surface area (Å²) in [6.45, 7) is 21.2. The third-order valence-corrected chi connectivity index (χ3v) is 24.7. The van der Waals surface area contributed by atoms with Crippen molar-refractivity contribution in [1.82, 2.24) is 15.0 Å². The summed E-state index contributed by atoms with van der Waals surface area (Å²) < 4.78 is 0.583. The third kappa shape index (κ3) is 21.1. The number of allylic oxidation sites excluding steroid dienone is 2. The van der Waals surface area contributed by atoms with E-state index in [1.165, 1.54) is 134 Å². The van der Waals surface area contributed by atoms with Crippen molar-refractivity contribution < 1.29 is 60.3 Å². The van der Waals surface area contributed by atoms with Crippen LogP contribution in [0.5, 0.6) is 0 Å². The van der Waals surface area contributed by atoms with E-state index in [1.807, 2.05) is 20.8 Å². The van der Waals surface area contributed by atoms with Crippen LogP contribution in [-0.2, 0) is 102 Å². The molecule has 5 nitrogen and oxygen atoms in total. The molecule has 0 bridgehead atoms. The van der Waals surface area contributed by atoms with Crippen LogP contribution in [0.4, 0.5) is 0 Å². The summed E-state index contributed by atoms with van der Waals surface area (Å²) in [5.74, 6) is 0.843. The van der Waals surface area contributed by atoms with Gasteiger partial charge >= 0.3 is 0 Å². The Labute approximate surface area is 834 Å². The Morgan fingerprint density at radius 3 is 0.771 bits per heavy atom. The molecular formula is C119H97Ir3N5S4-6. The van der Waals surface area contributed by atoms with Crippen LogP contribution in [0.1, 0.15) is 103 Å². The van der Waals surface area contributed by atoms with E-state index in [1.54, 1.807) is 27.1 Å². The molecule has 0 spiro atoms. The minimum absolute atomic E-state index is 0. The second-order valence-corrected chi connectivity index (χ2v) is 36.7. The molecule has 0 unspecified atom stereocenters. The van der Waals surface area contributed by atoms with Crippen LogP contribution >= 0.6 is 24.4 Å². The molecule has 15 aromatic carbocycles. The van der Waals surface area contributed by atoms with Gasteiger partial charge in [0.05, 0.1) is 16.6 Å². The normalized spacial score (nSPS) is 12.6. The maximum Gasteiger partial charge on any atom is 0.0602 e. The molecule has 0 saturated heterocycles. The summed E-state index contributed by atoms with van der Waals surface area (Å²) in [5.41, 5.74) is 39.0. The van der Waals surface area contributed by atoms with Crippen molar-refractivity contribution in [2.45, 2.75) is 85.5 Å². The number of amidine groups is 1. The monoisotopic (exact) mass is 2300 g/mol. The minimum atomic E-state index is -0.0561. The molecule has 3 aromatic heterocycles. The van der Waals surface area contributed by atoms with Crippen molar-refractivity contribution in [3.05, 3.63) is 432 Å². The van der Waals surface area contributed by atoms with Crippen molar-refractivity contribution in [2.24, 2.45) is 4.99 Å². The number of nitrogens with zero attached hydrogens (tertiary/aromatic N) is 5. The van der Waals surface area contributed by atoms with Gasteiger partial charge in [0.1, 0.15) is 0 Å². The molecule has 0 saturated carbocycles. The topological polar surface area (TPSA) is 65.1 Å². The predicted molar refractivity (Wildman–Crippen MR) is 557 cm³/mol. The number of benzene rings is 15. The van der Waals surface area contributed by atoms with Crippen LogP contribution in [0.2, 0.25) is 0 Å². The average Bonchev–Trinajstić information content (AvgIpc) is 1.57. The van der Waals surface area contributed by atoms with E-state index in [0.717, 1.165) is 82.1 Å². The molecule has 131 heavy (non-hydrogen) atoms. The van der Waals surface area contributed by atoms with Gasteiger partial charge < -0.3 is 47.8 Å². The molecule has 0 atom stereocenters. The van der Waals surface area contributed by atoms with E-state index in [0.29, 0.717) is 4.20 Å². The van der Waals surface area contributed by atoms with Gasteiger partial charge in [0.25, 0.3) is 0 Å². The molecule has 18 aromatic rings. The molecule has 3 radical (unpaired) electrons. The van der Waals surface area contributed by atoms with Gasteiger partial charge in [-0.2, -0.15) is 4.20 Å². The summed E-state index contributed by atoms with van der Waals surface area (Å²) in [6.07, 6.45) is 1.80. The Kier molecular flexibility index (Phi) is 31.6. The molecule has 655 valence electrons. The van der Waals surface area contributed by atoms with Crippen molar-refractivity contribution in [1.29, 1.82) is 0 Å². The maximum absolute atomic E-state index is 5.16. The summed E-state index contributed by atoms with van der Waals surface area (Å²) in [6, 6.07) is 140. The largest absolute Gasteiger partial charge is 0.784 e. The fourth-order valence-corrected chi connectivity index (χ4v) is 18.3. The number of aliphatic imine (C=N–C) groups is 1. The number of hydrogen-bond donors (Lipinski definition) is 0. The van der Waals surface area contributed by atoms with E-state index in [-0.39, 0.29) is 76.6 Å². The third-order valence-electron chi connectivity index (χ3n) is 24.4. The molecule has 0 fully saturated rings. The number of rotatable bonds is 10. The van der Waals surface area contributed by atoms with Crippen LogP contribution in [0, 0.1) is 18.2 Å². The van der Waals surface area contributed by atoms with Gasteiger partial charge in [-0.05, 0) is 167 Å². The van der Waals surface area contributed by atoms with Gasteiger partial charge in [0.15, 0.2) is 0 Å². The van der Waals surface area contributed by atoms with Crippen molar-refractivity contribution >= 4 is 97.3 Å². The smallest absolute Gasteiger partial charge is 0.0602 e. The number of fused-ring (bicyclic) bond motifs is 12. The van der Waals surface area contributed by atoms with Gasteiger partial charge in [0.2, 0.25) is 0 Å². The molecule has 21 rings (SSSR count). The molecule has 0 aliphatic heterocycles. The maximum atomic E-state index is 5.16. The van der Waals surface area contributed by atoms with Gasteiger partial charge in [-0.1, -0.05) is 418 Å². The molecular weight excluding hydrogens is 2200 g/mol. The zero-order chi connectivity index (χ0) is 89.4. The van der Waals surface area contributed by atoms with Crippen molar-refractivity contribution in [3.8, 4) is 134 Å². The van der Waals surface area contributed by atoms with Crippen LogP contribution in [0.15, 0.2) is 380 Å². The van der Waals surface area contributed by atoms with Crippen LogP contribution in [-0.4, -0.2) is 43.9 Å². The SMILES string of the molecule is CC(=S)/C=C(/C)[S-].CC(=S)[S-].CC1(C)c2ccccc2-c2c[c-]c(-c3cc(-c4ccccc4)c4cc(-c5ccccc5)ccc4n3)cc21.CC1(C)c2ccccc2-c2c[c-]c(-c3cc(-c4ccccc4)c4cc(-c5ccccc5)ccc4n3)cc21.CC1(C)c2ccccc2-c2c[c-]c(-c3cc(-c4ccccc4)c4cc(-c5ccccc5)ccc4n3)cc21.CN=C(C)[N-]C.[Ir].[Ir].[Ir]. The number of aromatic nitrogens is 3. The molecule has 3 heterocycles. The Balaban J connectivity index is 0.000000152. The zero-order valence-corrected chi connectivity index (χ0v) is 85.5. The summed E-state index contributed by atoms with van der Waals surface area (Å²) in [7, 11) is 3.45. The van der Waals surface area contributed by atoms with Gasteiger partial charge in [-0.3, -0.25) is 15.0 Å². The average molecular weight is 2300 g/mol. The first-order valence-corrected chi connectivity index (χ1v) is 44.8. The number of thiocarbonyl (C=S) groups is 2. The van der Waals surface area contributed by atoms with E-state index in [4.69, 9.17) is 39.8 Å². The molecule has 3 aliphatic carbocycles. The Bertz CT molecular complexity index is 6600. The second kappa shape index (κ2) is 42.7. The molecule has 0 N–H and O–H groups in total. The van der Waals surface area contributed by atoms with E-state index in [9.17, 15) is 0 Å². The number of pyridine rings is 3. The Hall–Kier alpha value is -11.7. The Morgan fingerprint density at radius 1 is 0.305 bits per heavy atom. The van der Waals surface area contributed by atoms with Gasteiger partial charge in [0, 0.05) is 81.3 Å². The molecule has 0 amide bonds. The molecule has 3 aliphatic rings. The second-order valence-electron chi connectivity index (χ2n) is 33.9. The fourth-order valence-electron chi connectivity index (χ4n) is 17.8. The van der Waals surface area contributed by atoms with Crippen molar-refractivity contribution in [2.75, 3.05) is 14.1 Å². The predicted octanol–water partition coefficient (Wildman–Crippen LogP) is 31.8. The standard InChI is InChI=1S/3C36H26N.C5H8S2.C4H9N2.C2H4S2.3Ir/c3*1-36(2)32-16-10-9-15-28(32)29-19-17-27(22-33(29)36)35-23-30(25-13-7-4-8-14-25)31-21-26(18-20-34(31)37-35)24-11-5-3-6-12-24;1-4(6)3-5(2)7;1-4(5-2)6-3;1-2(3)4;;;/h3*3-16,18-23H,1-2H3;3,6H,1-2H3;1-3H3;1H3,(H,3,4);;;/q3*-1;;-1;;;;/p-2/b;;;4-3-;;;;;. The minimum Gasteiger partial charge on any atom is -0.784 e. The van der Waals surface area contributed by atoms with E-state index in [2.05, 4.69) is 459 Å². The summed E-state index contributed by atoms with van der Waals surface area (Å²) in [5, 5.41) is 7.23. The van der Waals surface area contributed by atoms with Crippen LogP contribution in [0.3, 0.4) is 0 Å².